The normalized spacial score (nSPS) is 16.8. The quantitative estimate of drug-likeness (QED) is 0.304. The zero-order valence-electron chi connectivity index (χ0n) is 18.4. The van der Waals surface area contributed by atoms with Crippen LogP contribution in [0.3, 0.4) is 0 Å². The number of hydrogen-bond acceptors (Lipinski definition) is 6. The lowest BCUT2D eigenvalue weighted by Gasteiger charge is -2.47. The van der Waals surface area contributed by atoms with Gasteiger partial charge in [-0.3, -0.25) is 0 Å². The second-order valence-electron chi connectivity index (χ2n) is 8.98. The molecule has 0 aromatic heterocycles. The molecule has 0 aliphatic heterocycles. The van der Waals surface area contributed by atoms with Gasteiger partial charge in [0.1, 0.15) is 10.8 Å². The summed E-state index contributed by atoms with van der Waals surface area (Å²) in [5, 5.41) is 37.6. The molecule has 10 heteroatoms. The van der Waals surface area contributed by atoms with Crippen LogP contribution in [0, 0.1) is 0 Å². The van der Waals surface area contributed by atoms with Crippen LogP contribution in [0.25, 0.3) is 0 Å². The minimum atomic E-state index is -2.61. The molecule has 0 amide bonds. The summed E-state index contributed by atoms with van der Waals surface area (Å²) >= 11 is 0. The lowest BCUT2D eigenvalue weighted by molar-refractivity contribution is -0.133. The van der Waals surface area contributed by atoms with Crippen molar-refractivity contribution in [1.29, 1.82) is 0 Å². The molecule has 2 unspecified atom stereocenters. The van der Waals surface area contributed by atoms with Crippen molar-refractivity contribution in [2.75, 3.05) is 6.61 Å². The van der Waals surface area contributed by atoms with Crippen molar-refractivity contribution in [3.8, 4) is 0 Å². The van der Waals surface area contributed by atoms with Gasteiger partial charge in [0.15, 0.2) is 16.6 Å². The zero-order chi connectivity index (χ0) is 22.3. The average Bonchev–Trinajstić information content (AvgIpc) is 2.44. The predicted molar refractivity (Wildman–Crippen MR) is 116 cm³/mol. The Balaban J connectivity index is 0. The third-order valence-electron chi connectivity index (χ3n) is 3.55. The zero-order valence-corrected chi connectivity index (χ0v) is 21.6. The smallest absolute Gasteiger partial charge is 0.336 e. The highest BCUT2D eigenvalue weighted by atomic mass is 28.4. The molecular weight excluding hydrogens is 400 g/mol. The minimum Gasteiger partial charge on any atom is -0.478 e. The van der Waals surface area contributed by atoms with Gasteiger partial charge >= 0.3 is 15.3 Å². The summed E-state index contributed by atoms with van der Waals surface area (Å²) < 4.78 is 12.4. The van der Waals surface area contributed by atoms with Gasteiger partial charge in [-0.25, -0.2) is 4.79 Å². The first-order chi connectivity index (χ1) is 11.8. The SMILES string of the molecule is C=C(C)C(=O)O.CCCC(O)([SiH](O[Si](C)(C)C)O[Si](C)(C)C)C(C)(O)CO. The molecule has 0 heterocycles. The Labute approximate surface area is 168 Å². The minimum absolute atomic E-state index is 0.176. The summed E-state index contributed by atoms with van der Waals surface area (Å²) in [6.07, 6.45) is 1.03. The van der Waals surface area contributed by atoms with Gasteiger partial charge in [-0.2, -0.15) is 0 Å². The molecule has 0 bridgehead atoms. The monoisotopic (exact) mass is 440 g/mol. The second kappa shape index (κ2) is 11.0. The Bertz CT molecular complexity index is 456. The van der Waals surface area contributed by atoms with E-state index in [0.717, 1.165) is 0 Å². The van der Waals surface area contributed by atoms with E-state index in [1.165, 1.54) is 13.8 Å². The molecule has 0 saturated carbocycles. The Morgan fingerprint density at radius 1 is 1.07 bits per heavy atom. The number of hydrogen-bond donors (Lipinski definition) is 4. The number of aliphatic hydroxyl groups excluding tert-OH is 1. The van der Waals surface area contributed by atoms with Crippen LogP contribution in [-0.2, 0) is 13.0 Å². The van der Waals surface area contributed by atoms with Crippen molar-refractivity contribution in [1.82, 2.24) is 0 Å². The van der Waals surface area contributed by atoms with Crippen molar-refractivity contribution in [3.63, 3.8) is 0 Å². The van der Waals surface area contributed by atoms with Gasteiger partial charge < -0.3 is 28.7 Å². The largest absolute Gasteiger partial charge is 0.478 e. The molecule has 4 N–H and O–H groups in total. The second-order valence-corrected chi connectivity index (χ2v) is 20.9. The fourth-order valence-electron chi connectivity index (χ4n) is 2.02. The molecule has 162 valence electrons. The topological polar surface area (TPSA) is 116 Å². The summed E-state index contributed by atoms with van der Waals surface area (Å²) in [7, 11) is -6.49. The van der Waals surface area contributed by atoms with Crippen LogP contribution in [0.4, 0.5) is 0 Å². The summed E-state index contributed by atoms with van der Waals surface area (Å²) in [6.45, 7) is 19.7. The van der Waals surface area contributed by atoms with Crippen LogP contribution >= 0.6 is 0 Å². The molecule has 0 aliphatic rings. The number of aliphatic carboxylic acids is 1. The first-order valence-corrected chi connectivity index (χ1v) is 17.5. The van der Waals surface area contributed by atoms with E-state index in [-0.39, 0.29) is 5.57 Å². The van der Waals surface area contributed by atoms with E-state index >= 15 is 0 Å². The van der Waals surface area contributed by atoms with Gasteiger partial charge in [-0.1, -0.05) is 19.9 Å². The predicted octanol–water partition coefficient (Wildman–Crippen LogP) is 2.37. The van der Waals surface area contributed by atoms with Gasteiger partial charge in [-0.05, 0) is 59.6 Å². The van der Waals surface area contributed by atoms with Crippen molar-refractivity contribution < 1.29 is 33.5 Å². The summed E-state index contributed by atoms with van der Waals surface area (Å²) in [5.74, 6) is -0.935. The fourth-order valence-corrected chi connectivity index (χ4v) is 10.5. The Morgan fingerprint density at radius 2 is 1.41 bits per heavy atom. The number of carboxylic acid groups (broad SMARTS) is 1. The lowest BCUT2D eigenvalue weighted by Crippen LogP contribution is -2.68. The summed E-state index contributed by atoms with van der Waals surface area (Å²) in [5.41, 5.74) is -1.45. The van der Waals surface area contributed by atoms with E-state index in [4.69, 9.17) is 13.3 Å². The maximum absolute atomic E-state index is 11.2. The van der Waals surface area contributed by atoms with Crippen LogP contribution in [0.1, 0.15) is 33.6 Å². The highest BCUT2D eigenvalue weighted by Gasteiger charge is 2.55. The Morgan fingerprint density at radius 3 is 1.59 bits per heavy atom. The number of aliphatic hydroxyl groups is 3. The number of carboxylic acids is 1. The number of carbonyl (C=O) groups is 1. The molecule has 0 aliphatic carbocycles. The molecule has 0 rings (SSSR count). The van der Waals surface area contributed by atoms with Crippen LogP contribution in [-0.4, -0.2) is 69.7 Å². The standard InChI is InChI=1S/C13H34O5Si3.C4H6O2/c1-9-10-13(16,12(2,15)11-14)19(17-20(3,4)5)18-21(6,7)8;1-3(2)4(5)6/h14-16,19H,9-11H2,1-8H3;1H2,2H3,(H,5,6). The molecule has 0 radical (unpaired) electrons. The van der Waals surface area contributed by atoms with Gasteiger partial charge in [0.05, 0.1) is 6.61 Å². The van der Waals surface area contributed by atoms with E-state index in [2.05, 4.69) is 6.58 Å². The van der Waals surface area contributed by atoms with Crippen LogP contribution in [0.5, 0.6) is 0 Å². The molecule has 27 heavy (non-hydrogen) atoms. The Hall–Kier alpha value is -0.339. The molecule has 0 aromatic rings. The highest BCUT2D eigenvalue weighted by molar-refractivity contribution is 6.81. The number of rotatable bonds is 10. The molecule has 0 aromatic carbocycles. The van der Waals surface area contributed by atoms with Crippen LogP contribution in [0.2, 0.25) is 39.3 Å². The molecule has 0 saturated heterocycles. The van der Waals surface area contributed by atoms with Gasteiger partial charge in [-0.15, -0.1) is 0 Å². The summed E-state index contributed by atoms with van der Waals surface area (Å²) in [6, 6.07) is 0. The molecule has 0 spiro atoms. The lowest BCUT2D eigenvalue weighted by atomic mass is 9.95. The maximum atomic E-state index is 11.2. The van der Waals surface area contributed by atoms with Crippen LogP contribution in [0.15, 0.2) is 12.2 Å². The first kappa shape index (κ1) is 28.9. The maximum Gasteiger partial charge on any atom is 0.336 e. The average molecular weight is 441 g/mol. The van der Waals surface area contributed by atoms with Gasteiger partial charge in [0.2, 0.25) is 0 Å². The molecular formula is C17H40O7Si3. The van der Waals surface area contributed by atoms with Crippen LogP contribution < -0.4 is 0 Å². The molecule has 7 nitrogen and oxygen atoms in total. The van der Waals surface area contributed by atoms with E-state index in [9.17, 15) is 20.1 Å². The van der Waals surface area contributed by atoms with E-state index in [0.29, 0.717) is 12.8 Å². The fraction of sp³-hybridized carbons (Fsp3) is 0.824. The van der Waals surface area contributed by atoms with E-state index < -0.39 is 49.3 Å². The Kier molecular flexibility index (Phi) is 11.8. The van der Waals surface area contributed by atoms with E-state index in [1.54, 1.807) is 0 Å². The third kappa shape index (κ3) is 11.3. The third-order valence-corrected chi connectivity index (χ3v) is 12.6. The van der Waals surface area contributed by atoms with E-state index in [1.807, 2.05) is 46.2 Å². The highest BCUT2D eigenvalue weighted by Crippen LogP contribution is 2.33. The van der Waals surface area contributed by atoms with Crippen molar-refractivity contribution in [2.45, 2.75) is 83.7 Å². The van der Waals surface area contributed by atoms with Gasteiger partial charge in [0, 0.05) is 5.57 Å². The van der Waals surface area contributed by atoms with Crippen molar-refractivity contribution in [2.24, 2.45) is 0 Å². The molecule has 2 atom stereocenters. The first-order valence-electron chi connectivity index (χ1n) is 9.13. The molecule has 0 fully saturated rings. The van der Waals surface area contributed by atoms with Crippen molar-refractivity contribution >= 4 is 31.9 Å². The van der Waals surface area contributed by atoms with Gasteiger partial charge in [0.25, 0.3) is 0 Å². The summed E-state index contributed by atoms with van der Waals surface area (Å²) in [4.78, 5) is 9.60. The van der Waals surface area contributed by atoms with Crippen molar-refractivity contribution in [3.05, 3.63) is 12.2 Å².